The normalized spacial score (nSPS) is 25.8. The smallest absolute Gasteiger partial charge is 0.262 e. The minimum Gasteiger partial charge on any atom is -0.330 e. The van der Waals surface area contributed by atoms with Gasteiger partial charge >= 0.3 is 0 Å². The van der Waals surface area contributed by atoms with E-state index in [2.05, 4.69) is 38.8 Å². The topological polar surface area (TPSA) is 20.3 Å². The number of hydrogen-bond acceptors (Lipinski definition) is 1. The van der Waals surface area contributed by atoms with E-state index in [1.54, 1.807) is 0 Å². The van der Waals surface area contributed by atoms with Crippen LogP contribution in [0.15, 0.2) is 8.96 Å². The molecule has 1 atom stereocenters. The summed E-state index contributed by atoms with van der Waals surface area (Å²) in [6.45, 7) is 2.87. The zero-order valence-corrected chi connectivity index (χ0v) is 10.6. The lowest BCUT2D eigenvalue weighted by atomic mass is 10.2. The van der Waals surface area contributed by atoms with Crippen molar-refractivity contribution in [3.8, 4) is 0 Å². The first-order chi connectivity index (χ1) is 6.11. The van der Waals surface area contributed by atoms with E-state index >= 15 is 0 Å². The predicted octanol–water partition coefficient (Wildman–Crippen LogP) is 2.63. The summed E-state index contributed by atoms with van der Waals surface area (Å²) in [6, 6.07) is 0.398. The summed E-state index contributed by atoms with van der Waals surface area (Å²) in [4.78, 5) is 13.6. The fourth-order valence-electron chi connectivity index (χ4n) is 1.69. The van der Waals surface area contributed by atoms with Gasteiger partial charge in [0.2, 0.25) is 0 Å². The Morgan fingerprint density at radius 3 is 2.46 bits per heavy atom. The van der Waals surface area contributed by atoms with Gasteiger partial charge in [-0.1, -0.05) is 15.9 Å². The molecule has 0 aromatic rings. The molecule has 2 aliphatic rings. The number of nitrogens with zero attached hydrogens (tertiary/aromatic N) is 1. The monoisotopic (exact) mass is 307 g/mol. The van der Waals surface area contributed by atoms with Gasteiger partial charge in [-0.05, 0) is 41.6 Å². The number of rotatable bonds is 2. The molecule has 0 bridgehead atoms. The number of halogens is 2. The van der Waals surface area contributed by atoms with Crippen molar-refractivity contribution in [2.24, 2.45) is 5.92 Å². The van der Waals surface area contributed by atoms with Gasteiger partial charge in [0, 0.05) is 10.5 Å². The van der Waals surface area contributed by atoms with Crippen LogP contribution in [0.2, 0.25) is 0 Å². The van der Waals surface area contributed by atoms with Gasteiger partial charge in [-0.15, -0.1) is 0 Å². The first kappa shape index (κ1) is 9.71. The Hall–Kier alpha value is 0.170. The standard InChI is InChI=1S/C9H11Br2NO/c1-5(6-2-3-6)12-4-7(10)8(11)9(12)13/h5-6H,2-4H2,1H3. The van der Waals surface area contributed by atoms with E-state index in [0.29, 0.717) is 10.5 Å². The minimum absolute atomic E-state index is 0.131. The summed E-state index contributed by atoms with van der Waals surface area (Å²) >= 11 is 6.68. The summed E-state index contributed by atoms with van der Waals surface area (Å²) in [6.07, 6.45) is 2.56. The summed E-state index contributed by atoms with van der Waals surface area (Å²) in [7, 11) is 0. The summed E-state index contributed by atoms with van der Waals surface area (Å²) < 4.78 is 1.67. The second kappa shape index (κ2) is 3.39. The molecule has 1 unspecified atom stereocenters. The third-order valence-corrected chi connectivity index (χ3v) is 4.79. The highest BCUT2D eigenvalue weighted by atomic mass is 79.9. The van der Waals surface area contributed by atoms with Crippen molar-refractivity contribution in [2.45, 2.75) is 25.8 Å². The molecule has 4 heteroatoms. The Morgan fingerprint density at radius 2 is 2.08 bits per heavy atom. The lowest BCUT2D eigenvalue weighted by molar-refractivity contribution is -0.126. The largest absolute Gasteiger partial charge is 0.330 e. The van der Waals surface area contributed by atoms with E-state index in [0.717, 1.165) is 16.9 Å². The van der Waals surface area contributed by atoms with E-state index in [1.165, 1.54) is 12.8 Å². The third kappa shape index (κ3) is 1.71. The molecule has 0 N–H and O–H groups in total. The van der Waals surface area contributed by atoms with Crippen LogP contribution in [0.4, 0.5) is 0 Å². The van der Waals surface area contributed by atoms with Gasteiger partial charge in [0.15, 0.2) is 0 Å². The average Bonchev–Trinajstić information content (AvgIpc) is 2.89. The van der Waals surface area contributed by atoms with Crippen LogP contribution in [0.3, 0.4) is 0 Å². The van der Waals surface area contributed by atoms with Crippen molar-refractivity contribution in [1.82, 2.24) is 4.90 Å². The molecule has 2 rings (SSSR count). The zero-order chi connectivity index (χ0) is 9.59. The Bertz CT molecular complexity index is 283. The minimum atomic E-state index is 0.131. The summed E-state index contributed by atoms with van der Waals surface area (Å²) in [5, 5.41) is 0. The van der Waals surface area contributed by atoms with Crippen LogP contribution in [0.25, 0.3) is 0 Å². The van der Waals surface area contributed by atoms with Gasteiger partial charge < -0.3 is 4.90 Å². The van der Waals surface area contributed by atoms with Crippen LogP contribution in [-0.2, 0) is 4.79 Å². The second-order valence-electron chi connectivity index (χ2n) is 3.73. The lowest BCUT2D eigenvalue weighted by Gasteiger charge is -2.24. The highest BCUT2D eigenvalue weighted by molar-refractivity contribution is 9.14. The van der Waals surface area contributed by atoms with Gasteiger partial charge in [-0.3, -0.25) is 4.79 Å². The van der Waals surface area contributed by atoms with E-state index < -0.39 is 0 Å². The molecule has 2 nitrogen and oxygen atoms in total. The van der Waals surface area contributed by atoms with Crippen molar-refractivity contribution in [3.05, 3.63) is 8.96 Å². The van der Waals surface area contributed by atoms with Gasteiger partial charge in [0.05, 0.1) is 11.0 Å². The molecule has 1 heterocycles. The van der Waals surface area contributed by atoms with Crippen LogP contribution >= 0.6 is 31.9 Å². The molecule has 72 valence electrons. The highest BCUT2D eigenvalue weighted by Crippen LogP contribution is 2.39. The molecule has 0 spiro atoms. The molecular formula is C9H11Br2NO. The maximum absolute atomic E-state index is 11.7. The van der Waals surface area contributed by atoms with Crippen molar-refractivity contribution in [2.75, 3.05) is 6.54 Å². The quantitative estimate of drug-likeness (QED) is 0.768. The van der Waals surface area contributed by atoms with E-state index in [-0.39, 0.29) is 5.91 Å². The third-order valence-electron chi connectivity index (χ3n) is 2.79. The molecule has 0 radical (unpaired) electrons. The molecule has 1 amide bonds. The summed E-state index contributed by atoms with van der Waals surface area (Å²) in [5.41, 5.74) is 0. The number of carbonyl (C=O) groups is 1. The predicted molar refractivity (Wildman–Crippen MR) is 58.8 cm³/mol. The fourth-order valence-corrected chi connectivity index (χ4v) is 2.49. The van der Waals surface area contributed by atoms with E-state index in [1.807, 2.05) is 4.90 Å². The molecule has 0 saturated heterocycles. The SMILES string of the molecule is CC(C1CC1)N1CC(Br)=C(Br)C1=O. The Labute approximate surface area is 94.6 Å². The molecule has 13 heavy (non-hydrogen) atoms. The Kier molecular flexibility index (Phi) is 2.53. The van der Waals surface area contributed by atoms with Crippen LogP contribution in [-0.4, -0.2) is 23.4 Å². The van der Waals surface area contributed by atoms with Crippen LogP contribution in [0.5, 0.6) is 0 Å². The van der Waals surface area contributed by atoms with Gasteiger partial charge in [0.25, 0.3) is 5.91 Å². The van der Waals surface area contributed by atoms with Crippen LogP contribution in [0.1, 0.15) is 19.8 Å². The van der Waals surface area contributed by atoms with E-state index in [9.17, 15) is 4.79 Å². The summed E-state index contributed by atoms with van der Waals surface area (Å²) in [5.74, 6) is 0.869. The van der Waals surface area contributed by atoms with Crippen molar-refractivity contribution in [1.29, 1.82) is 0 Å². The highest BCUT2D eigenvalue weighted by Gasteiger charge is 2.38. The molecule has 1 saturated carbocycles. The molecule has 1 aliphatic carbocycles. The first-order valence-electron chi connectivity index (χ1n) is 4.46. The number of amides is 1. The molecule has 0 aromatic carbocycles. The van der Waals surface area contributed by atoms with Crippen LogP contribution < -0.4 is 0 Å². The molecular weight excluding hydrogens is 298 g/mol. The van der Waals surface area contributed by atoms with Crippen molar-refractivity contribution in [3.63, 3.8) is 0 Å². The van der Waals surface area contributed by atoms with Gasteiger partial charge in [-0.2, -0.15) is 0 Å². The zero-order valence-electron chi connectivity index (χ0n) is 7.39. The van der Waals surface area contributed by atoms with Crippen LogP contribution in [0, 0.1) is 5.92 Å². The second-order valence-corrected chi connectivity index (χ2v) is 5.48. The molecule has 1 fully saturated rings. The van der Waals surface area contributed by atoms with Crippen molar-refractivity contribution < 1.29 is 4.79 Å². The van der Waals surface area contributed by atoms with Crippen molar-refractivity contribution >= 4 is 37.8 Å². The van der Waals surface area contributed by atoms with E-state index in [4.69, 9.17) is 0 Å². The Balaban J connectivity index is 2.08. The van der Waals surface area contributed by atoms with Gasteiger partial charge in [-0.25, -0.2) is 0 Å². The average molecular weight is 309 g/mol. The van der Waals surface area contributed by atoms with Gasteiger partial charge in [0.1, 0.15) is 0 Å². The first-order valence-corrected chi connectivity index (χ1v) is 6.05. The fraction of sp³-hybridized carbons (Fsp3) is 0.667. The maximum Gasteiger partial charge on any atom is 0.262 e. The lowest BCUT2D eigenvalue weighted by Crippen LogP contribution is -2.36. The molecule has 0 aromatic heterocycles. The number of carbonyl (C=O) groups excluding carboxylic acids is 1. The Morgan fingerprint density at radius 1 is 1.46 bits per heavy atom. The molecule has 1 aliphatic heterocycles. The maximum atomic E-state index is 11.7. The number of hydrogen-bond donors (Lipinski definition) is 0.